The summed E-state index contributed by atoms with van der Waals surface area (Å²) in [5.41, 5.74) is 9.96. The maximum atomic E-state index is 12.4. The molecule has 3 rings (SSSR count). The number of piperazine rings is 1. The van der Waals surface area contributed by atoms with Crippen molar-refractivity contribution in [2.24, 2.45) is 0 Å². The highest BCUT2D eigenvalue weighted by molar-refractivity contribution is 5.83. The van der Waals surface area contributed by atoms with E-state index in [0.717, 1.165) is 24.5 Å². The number of aryl methyl sites for hydroxylation is 1. The maximum Gasteiger partial charge on any atom is 0.242 e. The molecule has 0 radical (unpaired) electrons. The molecule has 0 bridgehead atoms. The maximum absolute atomic E-state index is 12.4. The van der Waals surface area contributed by atoms with Gasteiger partial charge in [-0.3, -0.25) is 4.79 Å². The molecule has 22 heavy (non-hydrogen) atoms. The number of nitrogens with two attached hydrogens (primary N) is 1. The smallest absolute Gasteiger partial charge is 0.242 e. The van der Waals surface area contributed by atoms with E-state index in [1.807, 2.05) is 41.3 Å². The Kier molecular flexibility index (Phi) is 4.00. The van der Waals surface area contributed by atoms with Gasteiger partial charge in [0.25, 0.3) is 0 Å². The van der Waals surface area contributed by atoms with Gasteiger partial charge in [-0.25, -0.2) is 0 Å². The molecule has 4 heteroatoms. The average Bonchev–Trinajstić information content (AvgIpc) is 2.52. The topological polar surface area (TPSA) is 49.6 Å². The monoisotopic (exact) mass is 295 g/mol. The number of hydrogen-bond donors (Lipinski definition) is 1. The molecule has 0 saturated carbocycles. The fourth-order valence-electron chi connectivity index (χ4n) is 2.77. The zero-order valence-corrected chi connectivity index (χ0v) is 12.8. The number of nitrogen functional groups attached to an aromatic ring is 1. The van der Waals surface area contributed by atoms with Crippen molar-refractivity contribution in [1.29, 1.82) is 0 Å². The standard InChI is InChI=1S/C18H21N3O/c1-14-4-2-3-5-15(14)12-21-11-10-20(13-18(21)22)17-8-6-16(19)7-9-17/h2-9H,10-13,19H2,1H3. The van der Waals surface area contributed by atoms with Crippen molar-refractivity contribution in [2.75, 3.05) is 30.3 Å². The van der Waals surface area contributed by atoms with Crippen LogP contribution in [0, 0.1) is 6.92 Å². The van der Waals surface area contributed by atoms with Gasteiger partial charge >= 0.3 is 0 Å². The van der Waals surface area contributed by atoms with Gasteiger partial charge < -0.3 is 15.5 Å². The third-order valence-corrected chi connectivity index (χ3v) is 4.20. The second-order valence-corrected chi connectivity index (χ2v) is 5.75. The minimum atomic E-state index is 0.173. The van der Waals surface area contributed by atoms with Crippen LogP contribution in [0.15, 0.2) is 48.5 Å². The van der Waals surface area contributed by atoms with Crippen LogP contribution in [-0.4, -0.2) is 30.4 Å². The number of rotatable bonds is 3. The average molecular weight is 295 g/mol. The zero-order chi connectivity index (χ0) is 15.5. The molecule has 114 valence electrons. The Balaban J connectivity index is 1.66. The Bertz CT molecular complexity index is 666. The highest BCUT2D eigenvalue weighted by atomic mass is 16.2. The third-order valence-electron chi connectivity index (χ3n) is 4.20. The van der Waals surface area contributed by atoms with Crippen LogP contribution in [0.1, 0.15) is 11.1 Å². The van der Waals surface area contributed by atoms with E-state index in [1.165, 1.54) is 11.1 Å². The molecule has 4 nitrogen and oxygen atoms in total. The molecule has 1 fully saturated rings. The minimum absolute atomic E-state index is 0.173. The van der Waals surface area contributed by atoms with Crippen molar-refractivity contribution < 1.29 is 4.79 Å². The van der Waals surface area contributed by atoms with Crippen LogP contribution >= 0.6 is 0 Å². The Morgan fingerprint density at radius 3 is 2.45 bits per heavy atom. The lowest BCUT2D eigenvalue weighted by Gasteiger charge is -2.36. The molecular formula is C18H21N3O. The summed E-state index contributed by atoms with van der Waals surface area (Å²) in [5, 5.41) is 0. The summed E-state index contributed by atoms with van der Waals surface area (Å²) in [4.78, 5) is 16.5. The van der Waals surface area contributed by atoms with Crippen LogP contribution in [0.3, 0.4) is 0 Å². The minimum Gasteiger partial charge on any atom is -0.399 e. The van der Waals surface area contributed by atoms with E-state index in [-0.39, 0.29) is 5.91 Å². The SMILES string of the molecule is Cc1ccccc1CN1CCN(c2ccc(N)cc2)CC1=O. The first kappa shape index (κ1) is 14.4. The molecule has 2 aromatic rings. The number of carbonyl (C=O) groups excluding carboxylic acids is 1. The van der Waals surface area contributed by atoms with Gasteiger partial charge in [0.1, 0.15) is 0 Å². The number of carbonyl (C=O) groups is 1. The highest BCUT2D eigenvalue weighted by Gasteiger charge is 2.24. The van der Waals surface area contributed by atoms with E-state index < -0.39 is 0 Å². The van der Waals surface area contributed by atoms with Crippen molar-refractivity contribution in [2.45, 2.75) is 13.5 Å². The van der Waals surface area contributed by atoms with Crippen LogP contribution in [-0.2, 0) is 11.3 Å². The van der Waals surface area contributed by atoms with E-state index in [1.54, 1.807) is 0 Å². The van der Waals surface area contributed by atoms with Gasteiger partial charge in [-0.15, -0.1) is 0 Å². The Morgan fingerprint density at radius 2 is 1.77 bits per heavy atom. The highest BCUT2D eigenvalue weighted by Crippen LogP contribution is 2.20. The first-order valence-corrected chi connectivity index (χ1v) is 7.56. The van der Waals surface area contributed by atoms with Crippen LogP contribution in [0.2, 0.25) is 0 Å². The summed E-state index contributed by atoms with van der Waals surface area (Å²) in [5.74, 6) is 0.173. The molecule has 1 amide bonds. The number of amides is 1. The van der Waals surface area contributed by atoms with Crippen LogP contribution in [0.4, 0.5) is 11.4 Å². The Hall–Kier alpha value is -2.49. The van der Waals surface area contributed by atoms with Gasteiger partial charge in [0.15, 0.2) is 0 Å². The molecule has 1 aliphatic rings. The second-order valence-electron chi connectivity index (χ2n) is 5.75. The van der Waals surface area contributed by atoms with E-state index in [2.05, 4.69) is 24.0 Å². The molecule has 0 atom stereocenters. The summed E-state index contributed by atoms with van der Waals surface area (Å²) in [7, 11) is 0. The third kappa shape index (κ3) is 3.06. The summed E-state index contributed by atoms with van der Waals surface area (Å²) < 4.78 is 0. The molecule has 1 aliphatic heterocycles. The van der Waals surface area contributed by atoms with Crippen molar-refractivity contribution in [3.63, 3.8) is 0 Å². The predicted molar refractivity (Wildman–Crippen MR) is 89.7 cm³/mol. The fourth-order valence-corrected chi connectivity index (χ4v) is 2.77. The summed E-state index contributed by atoms with van der Waals surface area (Å²) >= 11 is 0. The van der Waals surface area contributed by atoms with Crippen LogP contribution < -0.4 is 10.6 Å². The van der Waals surface area contributed by atoms with Crippen LogP contribution in [0.5, 0.6) is 0 Å². The fraction of sp³-hybridized carbons (Fsp3) is 0.278. The summed E-state index contributed by atoms with van der Waals surface area (Å²) in [6, 6.07) is 15.9. The van der Waals surface area contributed by atoms with E-state index in [9.17, 15) is 4.79 Å². The van der Waals surface area contributed by atoms with E-state index in [0.29, 0.717) is 13.1 Å². The number of benzene rings is 2. The van der Waals surface area contributed by atoms with Crippen molar-refractivity contribution in [1.82, 2.24) is 4.90 Å². The Labute approximate surface area is 131 Å². The lowest BCUT2D eigenvalue weighted by atomic mass is 10.1. The lowest BCUT2D eigenvalue weighted by Crippen LogP contribution is -2.50. The first-order chi connectivity index (χ1) is 10.6. The molecule has 0 aromatic heterocycles. The quantitative estimate of drug-likeness (QED) is 0.885. The van der Waals surface area contributed by atoms with Gasteiger partial charge in [0, 0.05) is 31.0 Å². The van der Waals surface area contributed by atoms with Gasteiger partial charge in [-0.2, -0.15) is 0 Å². The summed E-state index contributed by atoms with van der Waals surface area (Å²) in [6.45, 7) is 4.81. The Morgan fingerprint density at radius 1 is 1.05 bits per heavy atom. The molecule has 2 aromatic carbocycles. The molecule has 0 spiro atoms. The molecule has 1 heterocycles. The number of nitrogens with zero attached hydrogens (tertiary/aromatic N) is 2. The number of anilines is 2. The van der Waals surface area contributed by atoms with E-state index >= 15 is 0 Å². The van der Waals surface area contributed by atoms with Crippen molar-refractivity contribution in [3.05, 3.63) is 59.7 Å². The molecule has 0 aliphatic carbocycles. The molecule has 1 saturated heterocycles. The van der Waals surface area contributed by atoms with E-state index in [4.69, 9.17) is 5.73 Å². The normalized spacial score (nSPS) is 15.2. The molecular weight excluding hydrogens is 274 g/mol. The second kappa shape index (κ2) is 6.10. The molecule has 0 unspecified atom stereocenters. The predicted octanol–water partition coefficient (Wildman–Crippen LogP) is 2.43. The van der Waals surface area contributed by atoms with Gasteiger partial charge in [-0.05, 0) is 42.3 Å². The zero-order valence-electron chi connectivity index (χ0n) is 12.8. The van der Waals surface area contributed by atoms with Crippen LogP contribution in [0.25, 0.3) is 0 Å². The van der Waals surface area contributed by atoms with Crippen molar-refractivity contribution >= 4 is 17.3 Å². The lowest BCUT2D eigenvalue weighted by molar-refractivity contribution is -0.131. The summed E-state index contributed by atoms with van der Waals surface area (Å²) in [6.07, 6.45) is 0. The number of hydrogen-bond acceptors (Lipinski definition) is 3. The molecule has 2 N–H and O–H groups in total. The van der Waals surface area contributed by atoms with Gasteiger partial charge in [0.05, 0.1) is 6.54 Å². The van der Waals surface area contributed by atoms with Crippen molar-refractivity contribution in [3.8, 4) is 0 Å². The van der Waals surface area contributed by atoms with Gasteiger partial charge in [-0.1, -0.05) is 24.3 Å². The van der Waals surface area contributed by atoms with Gasteiger partial charge in [0.2, 0.25) is 5.91 Å². The largest absolute Gasteiger partial charge is 0.399 e. The first-order valence-electron chi connectivity index (χ1n) is 7.56.